The molecule has 2 aliphatic carbocycles. The van der Waals surface area contributed by atoms with E-state index in [1.54, 1.807) is 0 Å². The van der Waals surface area contributed by atoms with Crippen molar-refractivity contribution in [3.63, 3.8) is 0 Å². The fourth-order valence-electron chi connectivity index (χ4n) is 2.54. The van der Waals surface area contributed by atoms with Gasteiger partial charge in [0, 0.05) is 22.6 Å². The molecule has 19 heavy (non-hydrogen) atoms. The van der Waals surface area contributed by atoms with E-state index >= 15 is 0 Å². The molecule has 104 valence electrons. The molecule has 0 spiro atoms. The minimum absolute atomic E-state index is 0.735. The Morgan fingerprint density at radius 3 is 2.68 bits per heavy atom. The van der Waals surface area contributed by atoms with E-state index in [-0.39, 0.29) is 0 Å². The number of nitrogens with one attached hydrogen (secondary N) is 1. The lowest BCUT2D eigenvalue weighted by molar-refractivity contribution is 0.178. The predicted octanol–water partition coefficient (Wildman–Crippen LogP) is 4.19. The third-order valence-electron chi connectivity index (χ3n) is 4.16. The summed E-state index contributed by atoms with van der Waals surface area (Å²) in [7, 11) is 0. The van der Waals surface area contributed by atoms with E-state index in [2.05, 4.69) is 40.3 Å². The molecule has 3 rings (SSSR count). The normalized spacial score (nSPS) is 19.3. The number of rotatable bonds is 6. The topological polar surface area (TPSA) is 21.3 Å². The van der Waals surface area contributed by atoms with Crippen LogP contribution in [0.4, 0.5) is 0 Å². The van der Waals surface area contributed by atoms with E-state index in [1.807, 2.05) is 0 Å². The second-order valence-corrected chi connectivity index (χ2v) is 6.89. The number of hydrogen-bond acceptors (Lipinski definition) is 2. The second kappa shape index (κ2) is 5.84. The number of halogens is 1. The molecular weight excluding hydrogens is 302 g/mol. The molecule has 0 unspecified atom stereocenters. The average Bonchev–Trinajstić information content (AvgIpc) is 3.10. The molecule has 2 nitrogen and oxygen atoms in total. The van der Waals surface area contributed by atoms with Crippen LogP contribution in [0.2, 0.25) is 0 Å². The van der Waals surface area contributed by atoms with Crippen molar-refractivity contribution in [1.82, 2.24) is 5.32 Å². The fourth-order valence-corrected chi connectivity index (χ4v) is 3.16. The van der Waals surface area contributed by atoms with Crippen LogP contribution in [0.5, 0.6) is 5.75 Å². The molecule has 0 bridgehead atoms. The van der Waals surface area contributed by atoms with Crippen molar-refractivity contribution in [2.45, 2.75) is 51.6 Å². The van der Waals surface area contributed by atoms with Crippen molar-refractivity contribution < 1.29 is 4.74 Å². The van der Waals surface area contributed by atoms with Gasteiger partial charge in [0.05, 0.1) is 6.61 Å². The first kappa shape index (κ1) is 13.4. The zero-order valence-electron chi connectivity index (χ0n) is 11.5. The smallest absolute Gasteiger partial charge is 0.126 e. The number of aryl methyl sites for hydroxylation is 1. The maximum Gasteiger partial charge on any atom is 0.126 e. The SMILES string of the molecule is Cc1cc(Br)cc(CNC2CC2)c1OCC1CCC1. The van der Waals surface area contributed by atoms with Crippen LogP contribution in [0.25, 0.3) is 0 Å². The lowest BCUT2D eigenvalue weighted by atomic mass is 9.86. The van der Waals surface area contributed by atoms with Gasteiger partial charge in [0.2, 0.25) is 0 Å². The van der Waals surface area contributed by atoms with E-state index in [0.29, 0.717) is 0 Å². The molecule has 2 aliphatic rings. The first-order valence-corrected chi connectivity index (χ1v) is 8.17. The molecule has 2 saturated carbocycles. The zero-order valence-corrected chi connectivity index (χ0v) is 13.1. The Labute approximate surface area is 124 Å². The molecule has 0 atom stereocenters. The summed E-state index contributed by atoms with van der Waals surface area (Å²) < 4.78 is 7.27. The Balaban J connectivity index is 1.69. The van der Waals surface area contributed by atoms with Crippen molar-refractivity contribution in [1.29, 1.82) is 0 Å². The Bertz CT molecular complexity index is 452. The summed E-state index contributed by atoms with van der Waals surface area (Å²) in [5.41, 5.74) is 2.53. The molecule has 1 aromatic carbocycles. The molecule has 2 fully saturated rings. The molecule has 0 amide bonds. The van der Waals surface area contributed by atoms with Crippen molar-refractivity contribution in [2.24, 2.45) is 5.92 Å². The highest BCUT2D eigenvalue weighted by Gasteiger charge is 2.22. The summed E-state index contributed by atoms with van der Waals surface area (Å²) in [6, 6.07) is 5.08. The molecule has 0 aliphatic heterocycles. The molecule has 1 aromatic rings. The lowest BCUT2D eigenvalue weighted by Gasteiger charge is -2.26. The van der Waals surface area contributed by atoms with E-state index in [0.717, 1.165) is 35.3 Å². The van der Waals surface area contributed by atoms with Gasteiger partial charge in [-0.3, -0.25) is 0 Å². The first-order chi connectivity index (χ1) is 9.22. The first-order valence-electron chi connectivity index (χ1n) is 7.37. The lowest BCUT2D eigenvalue weighted by Crippen LogP contribution is -2.21. The minimum atomic E-state index is 0.735. The van der Waals surface area contributed by atoms with Crippen LogP contribution in [-0.2, 0) is 6.54 Å². The summed E-state index contributed by atoms with van der Waals surface area (Å²) in [5, 5.41) is 3.58. The summed E-state index contributed by atoms with van der Waals surface area (Å²) in [5.74, 6) is 1.88. The molecule has 3 heteroatoms. The van der Waals surface area contributed by atoms with Gasteiger partial charge in [-0.2, -0.15) is 0 Å². The van der Waals surface area contributed by atoms with Gasteiger partial charge in [0.25, 0.3) is 0 Å². The van der Waals surface area contributed by atoms with Crippen molar-refractivity contribution >= 4 is 15.9 Å². The van der Waals surface area contributed by atoms with Crippen LogP contribution in [0.1, 0.15) is 43.2 Å². The Morgan fingerprint density at radius 1 is 1.26 bits per heavy atom. The van der Waals surface area contributed by atoms with Gasteiger partial charge in [0.15, 0.2) is 0 Å². The van der Waals surface area contributed by atoms with Crippen LogP contribution < -0.4 is 10.1 Å². The highest BCUT2D eigenvalue weighted by Crippen LogP contribution is 2.32. The minimum Gasteiger partial charge on any atom is -0.493 e. The van der Waals surface area contributed by atoms with Gasteiger partial charge in [0.1, 0.15) is 5.75 Å². The van der Waals surface area contributed by atoms with E-state index in [4.69, 9.17) is 4.74 Å². The summed E-state index contributed by atoms with van der Waals surface area (Å²) in [6.07, 6.45) is 6.70. The third-order valence-corrected chi connectivity index (χ3v) is 4.62. The molecule has 0 radical (unpaired) electrons. The van der Waals surface area contributed by atoms with Crippen LogP contribution in [0.3, 0.4) is 0 Å². The van der Waals surface area contributed by atoms with Gasteiger partial charge < -0.3 is 10.1 Å². The highest BCUT2D eigenvalue weighted by atomic mass is 79.9. The molecule has 1 N–H and O–H groups in total. The average molecular weight is 324 g/mol. The zero-order chi connectivity index (χ0) is 13.2. The Morgan fingerprint density at radius 2 is 2.05 bits per heavy atom. The maximum absolute atomic E-state index is 6.12. The molecule has 0 saturated heterocycles. The van der Waals surface area contributed by atoms with Gasteiger partial charge in [-0.05, 0) is 56.2 Å². The van der Waals surface area contributed by atoms with Gasteiger partial charge in [-0.25, -0.2) is 0 Å². The molecule has 0 heterocycles. The summed E-state index contributed by atoms with van der Waals surface area (Å²) in [4.78, 5) is 0. The van der Waals surface area contributed by atoms with Crippen LogP contribution in [0.15, 0.2) is 16.6 Å². The largest absolute Gasteiger partial charge is 0.493 e. The highest BCUT2D eigenvalue weighted by molar-refractivity contribution is 9.10. The fraction of sp³-hybridized carbons (Fsp3) is 0.625. The van der Waals surface area contributed by atoms with Crippen molar-refractivity contribution in [3.8, 4) is 5.75 Å². The van der Waals surface area contributed by atoms with Crippen LogP contribution in [0, 0.1) is 12.8 Å². The molecular formula is C16H22BrNO. The van der Waals surface area contributed by atoms with E-state index in [1.165, 1.54) is 43.2 Å². The van der Waals surface area contributed by atoms with E-state index in [9.17, 15) is 0 Å². The van der Waals surface area contributed by atoms with E-state index < -0.39 is 0 Å². The second-order valence-electron chi connectivity index (χ2n) is 5.97. The predicted molar refractivity (Wildman–Crippen MR) is 81.6 cm³/mol. The van der Waals surface area contributed by atoms with Gasteiger partial charge in [-0.15, -0.1) is 0 Å². The van der Waals surface area contributed by atoms with Crippen LogP contribution in [-0.4, -0.2) is 12.6 Å². The number of benzene rings is 1. The summed E-state index contributed by atoms with van der Waals surface area (Å²) >= 11 is 3.59. The van der Waals surface area contributed by atoms with Crippen molar-refractivity contribution in [3.05, 3.63) is 27.7 Å². The number of hydrogen-bond donors (Lipinski definition) is 1. The van der Waals surface area contributed by atoms with Crippen LogP contribution >= 0.6 is 15.9 Å². The maximum atomic E-state index is 6.12. The monoisotopic (exact) mass is 323 g/mol. The molecule has 0 aromatic heterocycles. The Kier molecular flexibility index (Phi) is 4.13. The standard InChI is InChI=1S/C16H22BrNO/c1-11-7-14(17)8-13(9-18-15-5-6-15)16(11)19-10-12-3-2-4-12/h7-8,12,15,18H,2-6,9-10H2,1H3. The number of ether oxygens (including phenoxy) is 1. The summed E-state index contributed by atoms with van der Waals surface area (Å²) in [6.45, 7) is 3.95. The van der Waals surface area contributed by atoms with Gasteiger partial charge in [-0.1, -0.05) is 22.4 Å². The van der Waals surface area contributed by atoms with Gasteiger partial charge >= 0.3 is 0 Å². The quantitative estimate of drug-likeness (QED) is 0.847. The Hall–Kier alpha value is -0.540. The third kappa shape index (κ3) is 3.51. The van der Waals surface area contributed by atoms with Crippen molar-refractivity contribution in [2.75, 3.05) is 6.61 Å².